The topological polar surface area (TPSA) is 49.3 Å². The zero-order chi connectivity index (χ0) is 13.2. The first kappa shape index (κ1) is 11.9. The normalized spacial score (nSPS) is 16.0. The second-order valence-corrected chi connectivity index (χ2v) is 5.24. The molecular weight excluding hydrogens is 258 g/mol. The molecule has 0 atom stereocenters. The minimum Gasteiger partial charge on any atom is -0.508 e. The van der Waals surface area contributed by atoms with Crippen LogP contribution in [0.15, 0.2) is 58.3 Å². The zero-order valence-corrected chi connectivity index (χ0v) is 10.8. The smallest absolute Gasteiger partial charge is 0.262 e. The molecule has 1 aliphatic heterocycles. The SMILES string of the molecule is O=C1Nc2ccccc2S/C1=C\c1ccc(O)cc1. The van der Waals surface area contributed by atoms with Gasteiger partial charge in [0.2, 0.25) is 0 Å². The van der Waals surface area contributed by atoms with Crippen molar-refractivity contribution in [3.8, 4) is 5.75 Å². The summed E-state index contributed by atoms with van der Waals surface area (Å²) in [5, 5.41) is 12.1. The van der Waals surface area contributed by atoms with Crippen molar-refractivity contribution in [2.75, 3.05) is 5.32 Å². The predicted molar refractivity (Wildman–Crippen MR) is 77.0 cm³/mol. The van der Waals surface area contributed by atoms with Crippen LogP contribution in [-0.4, -0.2) is 11.0 Å². The first-order valence-corrected chi connectivity index (χ1v) is 6.63. The molecule has 0 spiro atoms. The van der Waals surface area contributed by atoms with Crippen molar-refractivity contribution in [2.45, 2.75) is 4.90 Å². The van der Waals surface area contributed by atoms with Gasteiger partial charge >= 0.3 is 0 Å². The number of phenolic OH excluding ortho intramolecular Hbond substituents is 1. The zero-order valence-electron chi connectivity index (χ0n) is 9.96. The summed E-state index contributed by atoms with van der Waals surface area (Å²) in [6.07, 6.45) is 1.81. The molecule has 3 rings (SSSR count). The average Bonchev–Trinajstić information content (AvgIpc) is 2.42. The van der Waals surface area contributed by atoms with Crippen LogP contribution in [0.1, 0.15) is 5.56 Å². The third kappa shape index (κ3) is 2.48. The molecule has 0 saturated carbocycles. The molecule has 2 aromatic rings. The van der Waals surface area contributed by atoms with Gasteiger partial charge < -0.3 is 10.4 Å². The van der Waals surface area contributed by atoms with Crippen LogP contribution in [-0.2, 0) is 4.79 Å². The van der Waals surface area contributed by atoms with Crippen LogP contribution in [0.25, 0.3) is 6.08 Å². The molecular formula is C15H11NO2S. The molecule has 3 nitrogen and oxygen atoms in total. The second-order valence-electron chi connectivity index (χ2n) is 4.15. The quantitative estimate of drug-likeness (QED) is 0.779. The van der Waals surface area contributed by atoms with Gasteiger partial charge in [0.1, 0.15) is 5.75 Å². The van der Waals surface area contributed by atoms with Gasteiger partial charge in [-0.2, -0.15) is 0 Å². The van der Waals surface area contributed by atoms with E-state index in [9.17, 15) is 9.90 Å². The number of hydrogen-bond donors (Lipinski definition) is 2. The number of anilines is 1. The van der Waals surface area contributed by atoms with E-state index in [4.69, 9.17) is 0 Å². The first-order valence-electron chi connectivity index (χ1n) is 5.81. The Bertz CT molecular complexity index is 662. The molecule has 0 bridgehead atoms. The summed E-state index contributed by atoms with van der Waals surface area (Å²) < 4.78 is 0. The van der Waals surface area contributed by atoms with Crippen molar-refractivity contribution in [3.05, 3.63) is 59.0 Å². The molecule has 0 aromatic heterocycles. The molecule has 0 unspecified atom stereocenters. The number of nitrogens with one attached hydrogen (secondary N) is 1. The lowest BCUT2D eigenvalue weighted by Gasteiger charge is -2.18. The number of phenols is 1. The number of amides is 1. The summed E-state index contributed by atoms with van der Waals surface area (Å²) >= 11 is 1.45. The minimum absolute atomic E-state index is 0.100. The van der Waals surface area contributed by atoms with Gasteiger partial charge in [0.15, 0.2) is 0 Å². The van der Waals surface area contributed by atoms with Gasteiger partial charge in [0, 0.05) is 4.90 Å². The summed E-state index contributed by atoms with van der Waals surface area (Å²) in [7, 11) is 0. The molecule has 0 radical (unpaired) electrons. The van der Waals surface area contributed by atoms with Gasteiger partial charge in [-0.25, -0.2) is 0 Å². The average molecular weight is 269 g/mol. The number of benzene rings is 2. The van der Waals surface area contributed by atoms with Crippen molar-refractivity contribution in [1.29, 1.82) is 0 Å². The van der Waals surface area contributed by atoms with Gasteiger partial charge in [-0.1, -0.05) is 36.0 Å². The largest absolute Gasteiger partial charge is 0.508 e. The van der Waals surface area contributed by atoms with E-state index in [2.05, 4.69) is 5.32 Å². The molecule has 2 N–H and O–H groups in total. The summed E-state index contributed by atoms with van der Waals surface area (Å²) in [6, 6.07) is 14.5. The molecule has 0 fully saturated rings. The highest BCUT2D eigenvalue weighted by atomic mass is 32.2. The molecule has 1 heterocycles. The lowest BCUT2D eigenvalue weighted by Crippen LogP contribution is -2.16. The van der Waals surface area contributed by atoms with Crippen LogP contribution in [0, 0.1) is 0 Å². The standard InChI is InChI=1S/C15H11NO2S/c17-11-7-5-10(6-8-11)9-14-15(18)16-12-3-1-2-4-13(12)19-14/h1-9,17H,(H,16,18)/b14-9-. The van der Waals surface area contributed by atoms with Crippen molar-refractivity contribution in [2.24, 2.45) is 0 Å². The summed E-state index contributed by atoms with van der Waals surface area (Å²) in [4.78, 5) is 13.7. The highest BCUT2D eigenvalue weighted by Crippen LogP contribution is 2.38. The van der Waals surface area contributed by atoms with E-state index in [-0.39, 0.29) is 11.7 Å². The van der Waals surface area contributed by atoms with E-state index in [1.165, 1.54) is 11.8 Å². The fraction of sp³-hybridized carbons (Fsp3) is 0. The predicted octanol–water partition coefficient (Wildman–Crippen LogP) is 3.48. The lowest BCUT2D eigenvalue weighted by atomic mass is 10.2. The van der Waals surface area contributed by atoms with Gasteiger partial charge in [0.25, 0.3) is 5.91 Å². The minimum atomic E-state index is -0.100. The van der Waals surface area contributed by atoms with Crippen molar-refractivity contribution in [1.82, 2.24) is 0 Å². The number of aromatic hydroxyl groups is 1. The highest BCUT2D eigenvalue weighted by molar-refractivity contribution is 8.04. The Morgan fingerprint density at radius 2 is 1.79 bits per heavy atom. The summed E-state index contributed by atoms with van der Waals surface area (Å²) in [6.45, 7) is 0. The maximum Gasteiger partial charge on any atom is 0.262 e. The maximum atomic E-state index is 12.0. The third-order valence-electron chi connectivity index (χ3n) is 2.77. The van der Waals surface area contributed by atoms with E-state index in [1.807, 2.05) is 30.3 Å². The van der Waals surface area contributed by atoms with Crippen LogP contribution < -0.4 is 5.32 Å². The second kappa shape index (κ2) is 4.82. The van der Waals surface area contributed by atoms with Gasteiger partial charge in [-0.05, 0) is 35.9 Å². The molecule has 94 valence electrons. The Kier molecular flexibility index (Phi) is 3.01. The van der Waals surface area contributed by atoms with Crippen LogP contribution in [0.2, 0.25) is 0 Å². The number of thioether (sulfide) groups is 1. The fourth-order valence-electron chi connectivity index (χ4n) is 1.82. The number of para-hydroxylation sites is 1. The van der Waals surface area contributed by atoms with E-state index in [1.54, 1.807) is 24.3 Å². The number of hydrogen-bond acceptors (Lipinski definition) is 3. The Morgan fingerprint density at radius 3 is 2.58 bits per heavy atom. The number of carbonyl (C=O) groups excluding carboxylic acids is 1. The molecule has 1 aliphatic rings. The molecule has 19 heavy (non-hydrogen) atoms. The molecule has 4 heteroatoms. The Balaban J connectivity index is 1.94. The maximum absolute atomic E-state index is 12.0. The van der Waals surface area contributed by atoms with E-state index >= 15 is 0 Å². The third-order valence-corrected chi connectivity index (χ3v) is 3.87. The fourth-order valence-corrected chi connectivity index (χ4v) is 2.78. The Hall–Kier alpha value is -2.20. The van der Waals surface area contributed by atoms with Gasteiger partial charge in [-0.3, -0.25) is 4.79 Å². The molecule has 2 aromatic carbocycles. The van der Waals surface area contributed by atoms with Gasteiger partial charge in [-0.15, -0.1) is 0 Å². The summed E-state index contributed by atoms with van der Waals surface area (Å²) in [5.41, 5.74) is 1.73. The van der Waals surface area contributed by atoms with Crippen molar-refractivity contribution < 1.29 is 9.90 Å². The van der Waals surface area contributed by atoms with E-state index < -0.39 is 0 Å². The van der Waals surface area contributed by atoms with Crippen LogP contribution in [0.3, 0.4) is 0 Å². The van der Waals surface area contributed by atoms with E-state index in [0.29, 0.717) is 4.91 Å². The molecule has 0 saturated heterocycles. The van der Waals surface area contributed by atoms with Crippen molar-refractivity contribution in [3.63, 3.8) is 0 Å². The monoisotopic (exact) mass is 269 g/mol. The Labute approximate surface area is 115 Å². The summed E-state index contributed by atoms with van der Waals surface area (Å²) in [5.74, 6) is 0.116. The number of carbonyl (C=O) groups is 1. The van der Waals surface area contributed by atoms with Gasteiger partial charge in [0.05, 0.1) is 10.6 Å². The van der Waals surface area contributed by atoms with Crippen LogP contribution >= 0.6 is 11.8 Å². The first-order chi connectivity index (χ1) is 9.22. The lowest BCUT2D eigenvalue weighted by molar-refractivity contribution is -0.112. The van der Waals surface area contributed by atoms with Crippen LogP contribution in [0.4, 0.5) is 5.69 Å². The Morgan fingerprint density at radius 1 is 1.05 bits per heavy atom. The highest BCUT2D eigenvalue weighted by Gasteiger charge is 2.20. The number of rotatable bonds is 1. The molecule has 0 aliphatic carbocycles. The van der Waals surface area contributed by atoms with Crippen LogP contribution in [0.5, 0.6) is 5.75 Å². The van der Waals surface area contributed by atoms with E-state index in [0.717, 1.165) is 16.1 Å². The number of fused-ring (bicyclic) bond motifs is 1. The molecule has 1 amide bonds. The van der Waals surface area contributed by atoms with Crippen molar-refractivity contribution >= 4 is 29.4 Å².